The largest absolute Gasteiger partial charge is 0.493 e. The molecule has 178 valence electrons. The van der Waals surface area contributed by atoms with Gasteiger partial charge in [-0.2, -0.15) is 0 Å². The molecule has 3 aromatic carbocycles. The molecular formula is C27H23NO7. The monoisotopic (exact) mass is 473 g/mol. The highest BCUT2D eigenvalue weighted by Crippen LogP contribution is 2.44. The zero-order valence-electron chi connectivity index (χ0n) is 19.3. The molecule has 0 N–H and O–H groups in total. The van der Waals surface area contributed by atoms with Gasteiger partial charge >= 0.3 is 0 Å². The van der Waals surface area contributed by atoms with E-state index in [1.54, 1.807) is 38.5 Å². The summed E-state index contributed by atoms with van der Waals surface area (Å²) >= 11 is 0. The first-order chi connectivity index (χ1) is 17.1. The van der Waals surface area contributed by atoms with Crippen LogP contribution < -0.4 is 33.3 Å². The molecule has 0 spiro atoms. The summed E-state index contributed by atoms with van der Waals surface area (Å²) in [6.07, 6.45) is 1.71. The van der Waals surface area contributed by atoms with E-state index in [9.17, 15) is 4.79 Å². The number of nitrogens with zero attached hydrogens (tertiary/aromatic N) is 1. The number of allylic oxidation sites excluding steroid dienone is 1. The predicted molar refractivity (Wildman–Crippen MR) is 128 cm³/mol. The summed E-state index contributed by atoms with van der Waals surface area (Å²) in [5, 5.41) is 0. The summed E-state index contributed by atoms with van der Waals surface area (Å²) < 4.78 is 34.2. The van der Waals surface area contributed by atoms with Gasteiger partial charge in [0.2, 0.25) is 5.78 Å². The number of hydrogen-bond acceptors (Lipinski definition) is 8. The van der Waals surface area contributed by atoms with Gasteiger partial charge < -0.3 is 33.3 Å². The Morgan fingerprint density at radius 3 is 2.49 bits per heavy atom. The minimum Gasteiger partial charge on any atom is -0.493 e. The third kappa shape index (κ3) is 3.67. The number of Topliss-reactive ketones (excluding diaryl/α,β-unsaturated/α-hetero) is 1. The fourth-order valence-electron chi connectivity index (χ4n) is 4.45. The molecule has 0 atom stereocenters. The zero-order chi connectivity index (χ0) is 23.9. The van der Waals surface area contributed by atoms with Crippen LogP contribution in [0.25, 0.3) is 6.08 Å². The molecule has 8 heteroatoms. The van der Waals surface area contributed by atoms with Gasteiger partial charge in [0, 0.05) is 11.8 Å². The van der Waals surface area contributed by atoms with Crippen molar-refractivity contribution in [2.24, 2.45) is 0 Å². The maximum atomic E-state index is 13.1. The fraction of sp³-hybridized carbons (Fsp3) is 0.222. The molecule has 0 radical (unpaired) electrons. The topological polar surface area (TPSA) is 75.7 Å². The predicted octanol–water partition coefficient (Wildman–Crippen LogP) is 4.45. The second-order valence-electron chi connectivity index (χ2n) is 8.27. The van der Waals surface area contributed by atoms with Gasteiger partial charge in [-0.05, 0) is 48.0 Å². The van der Waals surface area contributed by atoms with E-state index in [1.807, 2.05) is 30.3 Å². The molecule has 35 heavy (non-hydrogen) atoms. The molecule has 0 bridgehead atoms. The van der Waals surface area contributed by atoms with Crippen LogP contribution in [0.2, 0.25) is 0 Å². The van der Waals surface area contributed by atoms with E-state index in [4.69, 9.17) is 28.4 Å². The van der Waals surface area contributed by atoms with E-state index in [1.165, 1.54) is 0 Å². The van der Waals surface area contributed by atoms with Gasteiger partial charge in [-0.1, -0.05) is 6.07 Å². The van der Waals surface area contributed by atoms with Crippen LogP contribution in [0, 0.1) is 0 Å². The number of methoxy groups -OCH3 is 2. The van der Waals surface area contributed by atoms with Gasteiger partial charge in [-0.25, -0.2) is 0 Å². The average Bonchev–Trinajstić information content (AvgIpc) is 3.23. The van der Waals surface area contributed by atoms with E-state index in [-0.39, 0.29) is 11.5 Å². The van der Waals surface area contributed by atoms with E-state index >= 15 is 0 Å². The Morgan fingerprint density at radius 2 is 1.66 bits per heavy atom. The highest BCUT2D eigenvalue weighted by Gasteiger charge is 2.34. The van der Waals surface area contributed by atoms with Crippen molar-refractivity contribution in [1.29, 1.82) is 0 Å². The zero-order valence-corrected chi connectivity index (χ0v) is 19.3. The molecule has 0 unspecified atom stereocenters. The first kappa shape index (κ1) is 21.2. The van der Waals surface area contributed by atoms with Crippen molar-refractivity contribution in [2.45, 2.75) is 6.54 Å². The van der Waals surface area contributed by atoms with Crippen molar-refractivity contribution in [3.63, 3.8) is 0 Å². The lowest BCUT2D eigenvalue weighted by atomic mass is 10.0. The van der Waals surface area contributed by atoms with E-state index < -0.39 is 0 Å². The molecule has 3 aromatic rings. The molecule has 8 nitrogen and oxygen atoms in total. The van der Waals surface area contributed by atoms with Crippen LogP contribution in [-0.4, -0.2) is 39.9 Å². The normalized spacial score (nSPS) is 16.8. The summed E-state index contributed by atoms with van der Waals surface area (Å²) in [5.74, 6) is 3.94. The summed E-state index contributed by atoms with van der Waals surface area (Å²) in [6, 6.07) is 14.8. The number of carbonyl (C=O) groups excluding carboxylic acids is 1. The molecule has 0 aromatic heterocycles. The SMILES string of the molecule is COc1ccc(C=C2Oc3c(ccc4c3CN(c3ccc5c(c3)OCCO5)CO4)C2=O)cc1OC. The van der Waals surface area contributed by atoms with Crippen LogP contribution in [-0.2, 0) is 6.54 Å². The van der Waals surface area contributed by atoms with Crippen molar-refractivity contribution in [1.82, 2.24) is 0 Å². The molecule has 0 aliphatic carbocycles. The molecule has 0 saturated heterocycles. The van der Waals surface area contributed by atoms with Crippen LogP contribution in [0.1, 0.15) is 21.5 Å². The smallest absolute Gasteiger partial charge is 0.231 e. The van der Waals surface area contributed by atoms with Gasteiger partial charge in [-0.3, -0.25) is 4.79 Å². The van der Waals surface area contributed by atoms with E-state index in [0.717, 1.165) is 22.6 Å². The summed E-state index contributed by atoms with van der Waals surface area (Å²) in [4.78, 5) is 15.2. The molecule has 3 heterocycles. The van der Waals surface area contributed by atoms with Gasteiger partial charge in [0.25, 0.3) is 0 Å². The molecule has 0 amide bonds. The molecule has 0 fully saturated rings. The molecular weight excluding hydrogens is 450 g/mol. The quantitative estimate of drug-likeness (QED) is 0.515. The number of ether oxygens (including phenoxy) is 6. The van der Waals surface area contributed by atoms with Crippen molar-refractivity contribution in [2.75, 3.05) is 39.1 Å². The van der Waals surface area contributed by atoms with E-state index in [2.05, 4.69) is 4.90 Å². The third-order valence-electron chi connectivity index (χ3n) is 6.22. The van der Waals surface area contributed by atoms with Gasteiger partial charge in [0.1, 0.15) is 24.7 Å². The molecule has 3 aliphatic rings. The number of anilines is 1. The Labute approximate surface area is 202 Å². The first-order valence-electron chi connectivity index (χ1n) is 11.2. The summed E-state index contributed by atoms with van der Waals surface area (Å²) in [6.45, 7) is 1.96. The van der Waals surface area contributed by atoms with Crippen LogP contribution >= 0.6 is 0 Å². The average molecular weight is 473 g/mol. The van der Waals surface area contributed by atoms with Crippen LogP contribution in [0.15, 0.2) is 54.3 Å². The second-order valence-corrected chi connectivity index (χ2v) is 8.27. The number of ketones is 1. The van der Waals surface area contributed by atoms with Crippen LogP contribution in [0.4, 0.5) is 5.69 Å². The lowest BCUT2D eigenvalue weighted by Crippen LogP contribution is -2.32. The second kappa shape index (κ2) is 8.47. The number of carbonyl (C=O) groups is 1. The number of fused-ring (bicyclic) bond motifs is 4. The number of benzene rings is 3. The standard InChI is InChI=1S/C27H23NO7/c1-30-21-6-3-16(11-23(21)31-2)12-25-26(29)18-5-8-20-19(27(18)35-25)14-28(15-34-20)17-4-7-22-24(13-17)33-10-9-32-22/h3-8,11-13H,9-10,14-15H2,1-2H3. The number of hydrogen-bond donors (Lipinski definition) is 0. The molecule has 6 rings (SSSR count). The molecule has 0 saturated carbocycles. The van der Waals surface area contributed by atoms with Crippen LogP contribution in [0.3, 0.4) is 0 Å². The van der Waals surface area contributed by atoms with Crippen molar-refractivity contribution in [3.05, 3.63) is 71.0 Å². The Hall–Kier alpha value is -4.33. The van der Waals surface area contributed by atoms with E-state index in [0.29, 0.717) is 60.8 Å². The van der Waals surface area contributed by atoms with Crippen molar-refractivity contribution < 1.29 is 33.2 Å². The fourth-order valence-corrected chi connectivity index (χ4v) is 4.45. The third-order valence-corrected chi connectivity index (χ3v) is 6.22. The highest BCUT2D eigenvalue weighted by molar-refractivity contribution is 6.15. The maximum absolute atomic E-state index is 13.1. The van der Waals surface area contributed by atoms with Gasteiger partial charge in [0.15, 0.2) is 35.5 Å². The maximum Gasteiger partial charge on any atom is 0.231 e. The minimum absolute atomic E-state index is 0.172. The van der Waals surface area contributed by atoms with Gasteiger partial charge in [0.05, 0.1) is 31.9 Å². The Balaban J connectivity index is 1.30. The van der Waals surface area contributed by atoms with Crippen LogP contribution in [0.5, 0.6) is 34.5 Å². The Kier molecular flexibility index (Phi) is 5.13. The lowest BCUT2D eigenvalue weighted by molar-refractivity contribution is 0.101. The first-order valence-corrected chi connectivity index (χ1v) is 11.2. The Bertz CT molecular complexity index is 1360. The Morgan fingerprint density at radius 1 is 0.857 bits per heavy atom. The summed E-state index contributed by atoms with van der Waals surface area (Å²) in [5.41, 5.74) is 3.04. The number of rotatable bonds is 4. The van der Waals surface area contributed by atoms with Gasteiger partial charge in [-0.15, -0.1) is 0 Å². The van der Waals surface area contributed by atoms with Crippen molar-refractivity contribution in [3.8, 4) is 34.5 Å². The highest BCUT2D eigenvalue weighted by atomic mass is 16.6. The summed E-state index contributed by atoms with van der Waals surface area (Å²) in [7, 11) is 3.15. The van der Waals surface area contributed by atoms with Crippen molar-refractivity contribution >= 4 is 17.5 Å². The molecule has 3 aliphatic heterocycles. The minimum atomic E-state index is -0.172. The lowest BCUT2D eigenvalue weighted by Gasteiger charge is -2.32.